The van der Waals surface area contributed by atoms with Crippen molar-refractivity contribution in [3.05, 3.63) is 22.4 Å². The third-order valence-electron chi connectivity index (χ3n) is 3.01. The van der Waals surface area contributed by atoms with Crippen molar-refractivity contribution in [3.8, 4) is 0 Å². The van der Waals surface area contributed by atoms with Crippen molar-refractivity contribution in [1.82, 2.24) is 5.32 Å². The van der Waals surface area contributed by atoms with Gasteiger partial charge in [0.1, 0.15) is 0 Å². The summed E-state index contributed by atoms with van der Waals surface area (Å²) < 4.78 is 5.49. The first-order chi connectivity index (χ1) is 9.08. The van der Waals surface area contributed by atoms with E-state index < -0.39 is 6.10 Å². The van der Waals surface area contributed by atoms with Gasteiger partial charge < -0.3 is 15.2 Å². The Hall–Kier alpha value is -0.420. The average molecular weight is 285 g/mol. The minimum absolute atomic E-state index is 0.391. The minimum Gasteiger partial charge on any atom is -0.389 e. The number of ether oxygens (including phenoxy) is 1. The summed E-state index contributed by atoms with van der Waals surface area (Å²) in [7, 11) is 0. The standard InChI is InChI=1S/C15H27NO2S/c1-12(2)6-7-13(3)16-9-14(17)10-18-11-15-5-4-8-19-15/h4-5,8,12-14,16-17H,6-7,9-11H2,1-3H3/t13-,14-/m1/s1. The molecule has 1 aromatic heterocycles. The topological polar surface area (TPSA) is 41.5 Å². The quantitative estimate of drug-likeness (QED) is 0.694. The first-order valence-electron chi connectivity index (χ1n) is 7.09. The summed E-state index contributed by atoms with van der Waals surface area (Å²) in [6, 6.07) is 4.51. The first kappa shape index (κ1) is 16.6. The van der Waals surface area contributed by atoms with Crippen LogP contribution in [0.25, 0.3) is 0 Å². The lowest BCUT2D eigenvalue weighted by Gasteiger charge is -2.18. The summed E-state index contributed by atoms with van der Waals surface area (Å²) in [4.78, 5) is 1.20. The van der Waals surface area contributed by atoms with Crippen molar-refractivity contribution in [2.75, 3.05) is 13.2 Å². The molecule has 19 heavy (non-hydrogen) atoms. The SMILES string of the molecule is CC(C)CC[C@@H](C)NC[C@@H](O)COCc1cccs1. The lowest BCUT2D eigenvalue weighted by Crippen LogP contribution is -2.36. The van der Waals surface area contributed by atoms with Gasteiger partial charge >= 0.3 is 0 Å². The molecule has 0 aliphatic rings. The zero-order valence-corrected chi connectivity index (χ0v) is 13.1. The van der Waals surface area contributed by atoms with Crippen molar-refractivity contribution in [2.24, 2.45) is 5.92 Å². The zero-order valence-electron chi connectivity index (χ0n) is 12.3. The summed E-state index contributed by atoms with van der Waals surface area (Å²) in [5, 5.41) is 15.2. The van der Waals surface area contributed by atoms with Gasteiger partial charge in [0.05, 0.1) is 19.3 Å². The molecule has 0 unspecified atom stereocenters. The van der Waals surface area contributed by atoms with Crippen LogP contribution in [0.1, 0.15) is 38.5 Å². The normalized spacial score (nSPS) is 14.8. The molecular formula is C15H27NO2S. The fourth-order valence-electron chi connectivity index (χ4n) is 1.77. The van der Waals surface area contributed by atoms with Crippen LogP contribution in [-0.2, 0) is 11.3 Å². The van der Waals surface area contributed by atoms with Gasteiger partial charge in [-0.2, -0.15) is 0 Å². The first-order valence-corrected chi connectivity index (χ1v) is 7.97. The number of thiophene rings is 1. The molecule has 0 aliphatic heterocycles. The third-order valence-corrected chi connectivity index (χ3v) is 3.86. The Morgan fingerprint density at radius 3 is 2.74 bits per heavy atom. The van der Waals surface area contributed by atoms with E-state index in [-0.39, 0.29) is 0 Å². The molecule has 0 aliphatic carbocycles. The maximum absolute atomic E-state index is 9.82. The molecule has 0 saturated heterocycles. The molecule has 1 aromatic rings. The highest BCUT2D eigenvalue weighted by molar-refractivity contribution is 7.09. The van der Waals surface area contributed by atoms with Crippen molar-refractivity contribution in [3.63, 3.8) is 0 Å². The van der Waals surface area contributed by atoms with E-state index in [1.54, 1.807) is 11.3 Å². The zero-order chi connectivity index (χ0) is 14.1. The molecule has 0 saturated carbocycles. The van der Waals surface area contributed by atoms with Gasteiger partial charge in [-0.1, -0.05) is 19.9 Å². The molecule has 0 spiro atoms. The lowest BCUT2D eigenvalue weighted by molar-refractivity contribution is 0.0286. The molecule has 0 amide bonds. The van der Waals surface area contributed by atoms with Crippen LogP contribution in [0, 0.1) is 5.92 Å². The average Bonchev–Trinajstić information content (AvgIpc) is 2.87. The maximum Gasteiger partial charge on any atom is 0.0897 e. The van der Waals surface area contributed by atoms with Crippen LogP contribution in [0.15, 0.2) is 17.5 Å². The maximum atomic E-state index is 9.82. The molecule has 0 radical (unpaired) electrons. The molecule has 110 valence electrons. The van der Waals surface area contributed by atoms with Gasteiger partial charge in [-0.05, 0) is 37.1 Å². The van der Waals surface area contributed by atoms with E-state index in [0.29, 0.717) is 25.8 Å². The van der Waals surface area contributed by atoms with Gasteiger partial charge in [-0.3, -0.25) is 0 Å². The highest BCUT2D eigenvalue weighted by atomic mass is 32.1. The van der Waals surface area contributed by atoms with E-state index in [1.807, 2.05) is 17.5 Å². The Morgan fingerprint density at radius 1 is 1.32 bits per heavy atom. The van der Waals surface area contributed by atoms with E-state index in [9.17, 15) is 5.11 Å². The van der Waals surface area contributed by atoms with Gasteiger partial charge in [0.25, 0.3) is 0 Å². The Kier molecular flexibility index (Phi) is 8.30. The van der Waals surface area contributed by atoms with Gasteiger partial charge in [-0.15, -0.1) is 11.3 Å². The number of hydrogen-bond acceptors (Lipinski definition) is 4. The summed E-state index contributed by atoms with van der Waals surface area (Å²) in [5.41, 5.74) is 0. The van der Waals surface area contributed by atoms with Crippen LogP contribution < -0.4 is 5.32 Å². The fraction of sp³-hybridized carbons (Fsp3) is 0.733. The fourth-order valence-corrected chi connectivity index (χ4v) is 2.41. The van der Waals surface area contributed by atoms with Crippen LogP contribution in [0.2, 0.25) is 0 Å². The monoisotopic (exact) mass is 285 g/mol. The highest BCUT2D eigenvalue weighted by Crippen LogP contribution is 2.09. The second-order valence-electron chi connectivity index (χ2n) is 5.53. The second-order valence-corrected chi connectivity index (χ2v) is 6.56. The molecule has 1 heterocycles. The van der Waals surface area contributed by atoms with Crippen molar-refractivity contribution in [2.45, 2.75) is 52.4 Å². The molecule has 3 nitrogen and oxygen atoms in total. The van der Waals surface area contributed by atoms with Gasteiger partial charge in [0, 0.05) is 17.5 Å². The number of aliphatic hydroxyl groups excluding tert-OH is 1. The smallest absolute Gasteiger partial charge is 0.0897 e. The van der Waals surface area contributed by atoms with Gasteiger partial charge in [-0.25, -0.2) is 0 Å². The van der Waals surface area contributed by atoms with E-state index in [1.165, 1.54) is 11.3 Å². The highest BCUT2D eigenvalue weighted by Gasteiger charge is 2.08. The van der Waals surface area contributed by atoms with E-state index in [4.69, 9.17) is 4.74 Å². The summed E-state index contributed by atoms with van der Waals surface area (Å²) in [5.74, 6) is 0.739. The predicted molar refractivity (Wildman–Crippen MR) is 81.5 cm³/mol. The van der Waals surface area contributed by atoms with Gasteiger partial charge in [0.15, 0.2) is 0 Å². The molecule has 4 heteroatoms. The van der Waals surface area contributed by atoms with Crippen LogP contribution in [0.3, 0.4) is 0 Å². The molecular weight excluding hydrogens is 258 g/mol. The molecule has 0 fully saturated rings. The van der Waals surface area contributed by atoms with E-state index in [0.717, 1.165) is 12.3 Å². The molecule has 0 bridgehead atoms. The van der Waals surface area contributed by atoms with Crippen molar-refractivity contribution >= 4 is 11.3 Å². The van der Waals surface area contributed by atoms with Crippen molar-refractivity contribution < 1.29 is 9.84 Å². The third kappa shape index (κ3) is 8.37. The molecule has 0 aromatic carbocycles. The van der Waals surface area contributed by atoms with E-state index in [2.05, 4.69) is 26.1 Å². The Labute approximate surface area is 121 Å². The Balaban J connectivity index is 2.02. The van der Waals surface area contributed by atoms with Crippen LogP contribution in [0.5, 0.6) is 0 Å². The largest absolute Gasteiger partial charge is 0.389 e. The van der Waals surface area contributed by atoms with Crippen LogP contribution in [0.4, 0.5) is 0 Å². The number of hydrogen-bond donors (Lipinski definition) is 2. The minimum atomic E-state index is -0.429. The molecule has 1 rings (SSSR count). The van der Waals surface area contributed by atoms with Crippen LogP contribution >= 0.6 is 11.3 Å². The number of rotatable bonds is 10. The molecule has 2 atom stereocenters. The summed E-state index contributed by atoms with van der Waals surface area (Å²) >= 11 is 1.68. The summed E-state index contributed by atoms with van der Waals surface area (Å²) in [6.45, 7) is 8.23. The van der Waals surface area contributed by atoms with Crippen molar-refractivity contribution in [1.29, 1.82) is 0 Å². The Bertz CT molecular complexity index is 314. The molecule has 2 N–H and O–H groups in total. The van der Waals surface area contributed by atoms with Gasteiger partial charge in [0.2, 0.25) is 0 Å². The second kappa shape index (κ2) is 9.48. The predicted octanol–water partition coefficient (Wildman–Crippen LogP) is 3.04. The lowest BCUT2D eigenvalue weighted by atomic mass is 10.0. The van der Waals surface area contributed by atoms with Crippen LogP contribution in [-0.4, -0.2) is 30.4 Å². The summed E-state index contributed by atoms with van der Waals surface area (Å²) in [6.07, 6.45) is 1.95. The van der Waals surface area contributed by atoms with E-state index >= 15 is 0 Å². The Morgan fingerprint density at radius 2 is 2.11 bits per heavy atom. The number of nitrogens with one attached hydrogen (secondary N) is 1. The number of aliphatic hydroxyl groups is 1.